The fraction of sp³-hybridized carbons (Fsp3) is 0.400. The molecule has 182 valence electrons. The summed E-state index contributed by atoms with van der Waals surface area (Å²) in [5.41, 5.74) is 2.31. The molecule has 1 aromatic carbocycles. The van der Waals surface area contributed by atoms with Crippen LogP contribution in [0.1, 0.15) is 29.6 Å². The van der Waals surface area contributed by atoms with Crippen molar-refractivity contribution in [1.82, 2.24) is 14.8 Å². The minimum atomic E-state index is -0.475. The summed E-state index contributed by atoms with van der Waals surface area (Å²) in [6.45, 7) is 4.67. The molecule has 1 N–H and O–H groups in total. The van der Waals surface area contributed by atoms with Gasteiger partial charge in [-0.1, -0.05) is 11.8 Å². The van der Waals surface area contributed by atoms with Crippen LogP contribution in [0.5, 0.6) is 0 Å². The van der Waals surface area contributed by atoms with Crippen molar-refractivity contribution in [2.24, 2.45) is 4.99 Å². The van der Waals surface area contributed by atoms with Crippen molar-refractivity contribution >= 4 is 46.0 Å². The molecule has 0 radical (unpaired) electrons. The monoisotopic (exact) mass is 492 g/mol. The van der Waals surface area contributed by atoms with Gasteiger partial charge in [-0.15, -0.1) is 0 Å². The summed E-state index contributed by atoms with van der Waals surface area (Å²) in [6.07, 6.45) is 5.85. The minimum absolute atomic E-state index is 0.0169. The Balaban J connectivity index is 1.10. The summed E-state index contributed by atoms with van der Waals surface area (Å²) < 4.78 is 0. The molecule has 3 aliphatic heterocycles. The van der Waals surface area contributed by atoms with Gasteiger partial charge < -0.3 is 20.0 Å². The number of benzene rings is 1. The van der Waals surface area contributed by atoms with Crippen LogP contribution in [0.4, 0.5) is 11.4 Å². The maximum atomic E-state index is 12.9. The van der Waals surface area contributed by atoms with E-state index >= 15 is 0 Å². The summed E-state index contributed by atoms with van der Waals surface area (Å²) >= 11 is 1.38. The van der Waals surface area contributed by atoms with Crippen LogP contribution in [0.25, 0.3) is 0 Å². The van der Waals surface area contributed by atoms with E-state index in [4.69, 9.17) is 0 Å². The van der Waals surface area contributed by atoms with E-state index in [1.807, 2.05) is 17.0 Å². The number of nitrogens with one attached hydrogen (secondary N) is 1. The lowest BCUT2D eigenvalue weighted by atomic mass is 10.1. The summed E-state index contributed by atoms with van der Waals surface area (Å²) in [5.74, 6) is -0.492. The zero-order valence-corrected chi connectivity index (χ0v) is 20.2. The molecule has 1 aromatic heterocycles. The van der Waals surface area contributed by atoms with Gasteiger partial charge in [-0.2, -0.15) is 4.99 Å². The fourth-order valence-electron chi connectivity index (χ4n) is 4.53. The Bertz CT molecular complexity index is 1110. The number of rotatable bonds is 5. The molecule has 5 rings (SSSR count). The van der Waals surface area contributed by atoms with Crippen molar-refractivity contribution in [3.8, 4) is 0 Å². The van der Waals surface area contributed by atoms with Crippen LogP contribution >= 0.6 is 11.8 Å². The fourth-order valence-corrected chi connectivity index (χ4v) is 5.65. The van der Waals surface area contributed by atoms with Gasteiger partial charge in [0.25, 0.3) is 11.8 Å². The van der Waals surface area contributed by atoms with Gasteiger partial charge in [0.15, 0.2) is 5.17 Å². The minimum Gasteiger partial charge on any atom is -0.368 e. The average Bonchev–Trinajstić information content (AvgIpc) is 3.55. The first-order valence-corrected chi connectivity index (χ1v) is 12.8. The Morgan fingerprint density at radius 1 is 0.914 bits per heavy atom. The van der Waals surface area contributed by atoms with E-state index in [-0.39, 0.29) is 24.1 Å². The molecule has 0 saturated carbocycles. The Labute approximate surface area is 208 Å². The molecule has 0 bridgehead atoms. The lowest BCUT2D eigenvalue weighted by Crippen LogP contribution is -2.48. The summed E-state index contributed by atoms with van der Waals surface area (Å²) in [4.78, 5) is 52.1. The smallest absolute Gasteiger partial charge is 0.262 e. The number of carbonyl (C=O) groups excluding carboxylic acids is 3. The highest BCUT2D eigenvalue weighted by Gasteiger charge is 2.33. The average molecular weight is 493 g/mol. The maximum Gasteiger partial charge on any atom is 0.262 e. The third kappa shape index (κ3) is 5.48. The molecule has 0 spiro atoms. The highest BCUT2D eigenvalue weighted by atomic mass is 32.2. The van der Waals surface area contributed by atoms with Crippen LogP contribution in [0.2, 0.25) is 0 Å². The predicted molar refractivity (Wildman–Crippen MR) is 137 cm³/mol. The van der Waals surface area contributed by atoms with Crippen LogP contribution in [0, 0.1) is 0 Å². The second-order valence-electron chi connectivity index (χ2n) is 8.85. The number of thioether (sulfide) groups is 1. The second-order valence-corrected chi connectivity index (χ2v) is 10.0. The van der Waals surface area contributed by atoms with Crippen LogP contribution in [-0.2, 0) is 9.59 Å². The zero-order valence-electron chi connectivity index (χ0n) is 19.4. The summed E-state index contributed by atoms with van der Waals surface area (Å²) in [6, 6.07) is 10.9. The molecule has 3 aliphatic rings. The molecule has 0 unspecified atom stereocenters. The van der Waals surface area contributed by atoms with Gasteiger partial charge in [-0.3, -0.25) is 19.4 Å². The Morgan fingerprint density at radius 3 is 2.29 bits per heavy atom. The largest absolute Gasteiger partial charge is 0.368 e. The van der Waals surface area contributed by atoms with Gasteiger partial charge in [0.05, 0.1) is 0 Å². The van der Waals surface area contributed by atoms with Crippen LogP contribution < -0.4 is 10.2 Å². The lowest BCUT2D eigenvalue weighted by Gasteiger charge is -2.36. The predicted octanol–water partition coefficient (Wildman–Crippen LogP) is 2.47. The van der Waals surface area contributed by atoms with Crippen LogP contribution in [0.3, 0.4) is 0 Å². The number of aromatic nitrogens is 1. The number of pyridine rings is 1. The van der Waals surface area contributed by atoms with Crippen molar-refractivity contribution in [2.45, 2.75) is 24.5 Å². The number of amides is 3. The van der Waals surface area contributed by atoms with E-state index in [9.17, 15) is 14.4 Å². The van der Waals surface area contributed by atoms with E-state index in [2.05, 4.69) is 25.1 Å². The molecule has 3 amide bonds. The van der Waals surface area contributed by atoms with E-state index in [1.54, 1.807) is 36.7 Å². The Kier molecular flexibility index (Phi) is 6.98. The molecule has 1 atom stereocenters. The molecule has 35 heavy (non-hydrogen) atoms. The first-order chi connectivity index (χ1) is 17.1. The maximum absolute atomic E-state index is 12.9. The number of nitrogens with zero attached hydrogens (tertiary/aromatic N) is 5. The van der Waals surface area contributed by atoms with Crippen molar-refractivity contribution < 1.29 is 14.4 Å². The van der Waals surface area contributed by atoms with Crippen LogP contribution in [-0.4, -0.2) is 82.2 Å². The SMILES string of the molecule is O=C(C[C@@H]1SC(N2CCCC2)=NC1=O)Nc1ccc(C(=O)N2CCN(c3ccncc3)CC2)cc1. The number of aliphatic imine (C=N–C) groups is 1. The standard InChI is InChI=1S/C25H28N6O3S/c32-22(17-21-23(33)28-25(35-21)31-11-1-2-12-31)27-19-5-3-18(4-6-19)24(34)30-15-13-29(14-16-30)20-7-9-26-10-8-20/h3-10,21H,1-2,11-17H2,(H,27,32)/t21-/m0/s1. The highest BCUT2D eigenvalue weighted by Crippen LogP contribution is 2.29. The molecule has 4 heterocycles. The first kappa shape index (κ1) is 23.3. The normalized spacial score (nSPS) is 20.2. The topological polar surface area (TPSA) is 98.2 Å². The molecule has 0 aliphatic carbocycles. The molecule has 10 heteroatoms. The highest BCUT2D eigenvalue weighted by molar-refractivity contribution is 8.15. The molecule has 2 aromatic rings. The van der Waals surface area contributed by atoms with Crippen molar-refractivity contribution in [3.63, 3.8) is 0 Å². The van der Waals surface area contributed by atoms with E-state index in [0.29, 0.717) is 24.3 Å². The quantitative estimate of drug-likeness (QED) is 0.685. The van der Waals surface area contributed by atoms with Gasteiger partial charge in [0.2, 0.25) is 5.91 Å². The summed E-state index contributed by atoms with van der Waals surface area (Å²) in [5, 5.41) is 3.11. The number of amidine groups is 1. The van der Waals surface area contributed by atoms with E-state index in [0.717, 1.165) is 49.9 Å². The number of hydrogen-bond acceptors (Lipinski definition) is 7. The van der Waals surface area contributed by atoms with E-state index in [1.165, 1.54) is 11.8 Å². The number of piperazine rings is 1. The third-order valence-corrected chi connectivity index (χ3v) is 7.70. The number of likely N-dealkylation sites (tertiary alicyclic amines) is 1. The first-order valence-electron chi connectivity index (χ1n) is 11.9. The lowest BCUT2D eigenvalue weighted by molar-refractivity contribution is -0.121. The van der Waals surface area contributed by atoms with Gasteiger partial charge in [-0.05, 0) is 49.2 Å². The number of hydrogen-bond donors (Lipinski definition) is 1. The Morgan fingerprint density at radius 2 is 1.60 bits per heavy atom. The van der Waals surface area contributed by atoms with Crippen molar-refractivity contribution in [3.05, 3.63) is 54.4 Å². The number of carbonyl (C=O) groups is 3. The van der Waals surface area contributed by atoms with Crippen LogP contribution in [0.15, 0.2) is 53.8 Å². The molecular weight excluding hydrogens is 464 g/mol. The molecule has 9 nitrogen and oxygen atoms in total. The van der Waals surface area contributed by atoms with E-state index < -0.39 is 5.25 Å². The zero-order chi connectivity index (χ0) is 24.2. The Hall–Kier alpha value is -3.40. The second kappa shape index (κ2) is 10.5. The van der Waals surface area contributed by atoms with Gasteiger partial charge in [-0.25, -0.2) is 0 Å². The van der Waals surface area contributed by atoms with Gasteiger partial charge >= 0.3 is 0 Å². The molecular formula is C25H28N6O3S. The van der Waals surface area contributed by atoms with Gasteiger partial charge in [0, 0.05) is 75.0 Å². The van der Waals surface area contributed by atoms with Crippen molar-refractivity contribution in [1.29, 1.82) is 0 Å². The summed E-state index contributed by atoms with van der Waals surface area (Å²) in [7, 11) is 0. The van der Waals surface area contributed by atoms with Gasteiger partial charge in [0.1, 0.15) is 5.25 Å². The van der Waals surface area contributed by atoms with Crippen molar-refractivity contribution in [2.75, 3.05) is 49.5 Å². The molecule has 2 fully saturated rings. The third-order valence-electron chi connectivity index (χ3n) is 6.49. The molecule has 2 saturated heterocycles. The number of anilines is 2.